The maximum Gasteiger partial charge on any atom is 0.418 e. The smallest absolute Gasteiger partial charge is 0.418 e. The van der Waals surface area contributed by atoms with Gasteiger partial charge in [0.2, 0.25) is 11.6 Å². The second kappa shape index (κ2) is 7.78. The maximum absolute atomic E-state index is 13.6. The van der Waals surface area contributed by atoms with Crippen LogP contribution in [0.1, 0.15) is 12.5 Å². The van der Waals surface area contributed by atoms with Crippen LogP contribution in [0, 0.1) is 23.3 Å². The Morgan fingerprint density at radius 2 is 1.66 bits per heavy atom. The highest BCUT2D eigenvalue weighted by molar-refractivity contribution is 5.97. The van der Waals surface area contributed by atoms with Crippen LogP contribution in [0.15, 0.2) is 24.3 Å². The molecule has 1 amide bonds. The van der Waals surface area contributed by atoms with E-state index >= 15 is 0 Å². The van der Waals surface area contributed by atoms with Gasteiger partial charge >= 0.3 is 6.18 Å². The molecule has 29 heavy (non-hydrogen) atoms. The van der Waals surface area contributed by atoms with E-state index in [0.717, 1.165) is 19.1 Å². The lowest BCUT2D eigenvalue weighted by atomic mass is 10.1. The summed E-state index contributed by atoms with van der Waals surface area (Å²) in [6.45, 7) is -0.383. The Hall–Kier alpha value is -3.02. The molecular weight excluding hydrogens is 413 g/mol. The zero-order valence-corrected chi connectivity index (χ0v) is 14.5. The third-order valence-electron chi connectivity index (χ3n) is 3.67. The number of hydrogen-bond acceptors (Lipinski definition) is 4. The molecule has 0 bridgehead atoms. The lowest BCUT2D eigenvalue weighted by molar-refractivity contribution is -0.137. The predicted octanol–water partition coefficient (Wildman–Crippen LogP) is 3.61. The number of aliphatic hydroxyl groups is 1. The van der Waals surface area contributed by atoms with Crippen molar-refractivity contribution in [2.45, 2.75) is 18.7 Å². The Morgan fingerprint density at radius 3 is 2.17 bits per heavy atom. The number of rotatable bonds is 5. The van der Waals surface area contributed by atoms with Crippen LogP contribution in [0.4, 0.5) is 42.1 Å². The van der Waals surface area contributed by atoms with Crippen LogP contribution >= 0.6 is 0 Å². The van der Waals surface area contributed by atoms with Crippen molar-refractivity contribution in [2.75, 3.05) is 17.7 Å². The van der Waals surface area contributed by atoms with Gasteiger partial charge in [-0.2, -0.15) is 22.0 Å². The molecule has 12 heteroatoms. The van der Waals surface area contributed by atoms with Crippen LogP contribution in [0.3, 0.4) is 0 Å². The predicted molar refractivity (Wildman–Crippen MR) is 86.9 cm³/mol. The fourth-order valence-corrected chi connectivity index (χ4v) is 2.10. The first-order chi connectivity index (χ1) is 13.2. The first-order valence-electron chi connectivity index (χ1n) is 7.70. The number of halogens is 7. The molecule has 0 spiro atoms. The molecule has 0 saturated carbocycles. The molecule has 1 atom stereocenters. The van der Waals surface area contributed by atoms with E-state index in [0.29, 0.717) is 6.07 Å². The number of amides is 1. The molecule has 0 radical (unpaired) electrons. The Bertz CT molecular complexity index is 919. The van der Waals surface area contributed by atoms with Gasteiger partial charge in [-0.15, -0.1) is 0 Å². The van der Waals surface area contributed by atoms with Crippen molar-refractivity contribution < 1.29 is 45.4 Å². The summed E-state index contributed by atoms with van der Waals surface area (Å²) < 4.78 is 96.5. The number of nitrogens with two attached hydrogens (primary N) is 1. The van der Waals surface area contributed by atoms with Gasteiger partial charge in [0.05, 0.1) is 5.56 Å². The normalized spacial score (nSPS) is 13.7. The minimum Gasteiger partial charge on any atom is -0.484 e. The van der Waals surface area contributed by atoms with Gasteiger partial charge < -0.3 is 20.9 Å². The summed E-state index contributed by atoms with van der Waals surface area (Å²) in [7, 11) is 0. The lowest BCUT2D eigenvalue weighted by Crippen LogP contribution is -2.45. The molecule has 0 heterocycles. The van der Waals surface area contributed by atoms with Crippen LogP contribution in [0.5, 0.6) is 5.75 Å². The molecule has 0 aliphatic rings. The maximum atomic E-state index is 13.6. The molecule has 0 fully saturated rings. The van der Waals surface area contributed by atoms with Crippen LogP contribution in [0.25, 0.3) is 0 Å². The highest BCUT2D eigenvalue weighted by Gasteiger charge is 2.35. The van der Waals surface area contributed by atoms with Gasteiger partial charge in [0.1, 0.15) is 6.61 Å². The van der Waals surface area contributed by atoms with Crippen molar-refractivity contribution in [3.8, 4) is 5.75 Å². The van der Waals surface area contributed by atoms with Crippen LogP contribution < -0.4 is 15.8 Å². The van der Waals surface area contributed by atoms with Gasteiger partial charge in [-0.3, -0.25) is 4.79 Å². The molecule has 0 aromatic heterocycles. The van der Waals surface area contributed by atoms with Crippen LogP contribution in [0.2, 0.25) is 0 Å². The summed E-state index contributed by atoms with van der Waals surface area (Å²) in [4.78, 5) is 12.1. The molecule has 2 aromatic rings. The fourth-order valence-electron chi connectivity index (χ4n) is 2.10. The number of hydrogen-bond donors (Lipinski definition) is 3. The third kappa shape index (κ3) is 4.88. The van der Waals surface area contributed by atoms with Gasteiger partial charge in [-0.05, 0) is 25.1 Å². The highest BCUT2D eigenvalue weighted by atomic mass is 19.4. The average Bonchev–Trinajstić information content (AvgIpc) is 2.60. The summed E-state index contributed by atoms with van der Waals surface area (Å²) in [6.07, 6.45) is -4.81. The summed E-state index contributed by atoms with van der Waals surface area (Å²) >= 11 is 0. The molecule has 0 saturated heterocycles. The molecule has 1 unspecified atom stereocenters. The molecule has 2 aromatic carbocycles. The van der Waals surface area contributed by atoms with Crippen molar-refractivity contribution in [1.29, 1.82) is 0 Å². The number of nitrogen functional groups attached to an aromatic ring is 1. The molecule has 4 N–H and O–H groups in total. The number of ether oxygens (including phenoxy) is 1. The molecule has 5 nitrogen and oxygen atoms in total. The van der Waals surface area contributed by atoms with E-state index in [1.807, 2.05) is 5.32 Å². The van der Waals surface area contributed by atoms with Crippen molar-refractivity contribution in [2.24, 2.45) is 0 Å². The fraction of sp³-hybridized carbons (Fsp3) is 0.235. The van der Waals surface area contributed by atoms with Gasteiger partial charge in [0.25, 0.3) is 5.91 Å². The van der Waals surface area contributed by atoms with Gasteiger partial charge in [0.15, 0.2) is 23.0 Å². The second-order valence-electron chi connectivity index (χ2n) is 6.11. The number of alkyl halides is 3. The zero-order valence-electron chi connectivity index (χ0n) is 14.5. The van der Waals surface area contributed by atoms with E-state index < -0.39 is 70.2 Å². The zero-order chi connectivity index (χ0) is 22.1. The lowest BCUT2D eigenvalue weighted by Gasteiger charge is -2.23. The molecule has 0 aliphatic heterocycles. The van der Waals surface area contributed by atoms with E-state index in [1.165, 1.54) is 0 Å². The largest absolute Gasteiger partial charge is 0.484 e. The van der Waals surface area contributed by atoms with Gasteiger partial charge in [-0.1, -0.05) is 0 Å². The quantitative estimate of drug-likeness (QED) is 0.388. The monoisotopic (exact) mass is 426 g/mol. The third-order valence-corrected chi connectivity index (χ3v) is 3.67. The first-order valence-corrected chi connectivity index (χ1v) is 7.70. The molecule has 0 aliphatic carbocycles. The van der Waals surface area contributed by atoms with Crippen molar-refractivity contribution in [3.05, 3.63) is 53.1 Å². The van der Waals surface area contributed by atoms with Crippen molar-refractivity contribution >= 4 is 17.3 Å². The minimum atomic E-state index is -4.81. The molecule has 158 valence electrons. The number of anilines is 2. The number of nitrogens with one attached hydrogen (secondary N) is 1. The second-order valence-corrected chi connectivity index (χ2v) is 6.11. The minimum absolute atomic E-state index is 0.0677. The Balaban J connectivity index is 2.18. The first kappa shape index (κ1) is 22.3. The van der Waals surface area contributed by atoms with Crippen LogP contribution in [-0.4, -0.2) is 23.2 Å². The topological polar surface area (TPSA) is 84.6 Å². The summed E-state index contributed by atoms with van der Waals surface area (Å²) in [5.41, 5.74) is 0.420. The van der Waals surface area contributed by atoms with E-state index in [2.05, 4.69) is 4.74 Å². The van der Waals surface area contributed by atoms with Crippen molar-refractivity contribution in [1.82, 2.24) is 0 Å². The SMILES string of the molecule is CC(O)(COc1c(F)c(F)cc(F)c1F)C(=O)Nc1ccc(N)c(C(F)(F)F)c1. The van der Waals surface area contributed by atoms with E-state index in [1.54, 1.807) is 0 Å². The Morgan fingerprint density at radius 1 is 1.10 bits per heavy atom. The summed E-state index contributed by atoms with van der Waals surface area (Å²) in [5.74, 6) is -10.2. The number of carbonyl (C=O) groups excluding carboxylic acids is 1. The van der Waals surface area contributed by atoms with E-state index in [9.17, 15) is 40.6 Å². The van der Waals surface area contributed by atoms with Crippen LogP contribution in [-0.2, 0) is 11.0 Å². The van der Waals surface area contributed by atoms with Gasteiger partial charge in [-0.25, -0.2) is 8.78 Å². The van der Waals surface area contributed by atoms with E-state index in [4.69, 9.17) is 5.73 Å². The molecular formula is C17H13F7N2O3. The summed E-state index contributed by atoms with van der Waals surface area (Å²) in [5, 5.41) is 12.0. The standard InChI is InChI=1S/C17H13F7N2O3/c1-16(28,6-29-14-12(20)9(18)5-10(19)13(14)21)15(27)26-7-2-3-11(25)8(4-7)17(22,23)24/h2-5,28H,6,25H2,1H3,(H,26,27). The number of carbonyl (C=O) groups is 1. The Kier molecular flexibility index (Phi) is 5.97. The molecule has 2 rings (SSSR count). The highest BCUT2D eigenvalue weighted by Crippen LogP contribution is 2.35. The average molecular weight is 426 g/mol. The summed E-state index contributed by atoms with van der Waals surface area (Å²) in [6, 6.07) is 2.32. The number of benzene rings is 2. The van der Waals surface area contributed by atoms with E-state index in [-0.39, 0.29) is 6.07 Å². The van der Waals surface area contributed by atoms with Crippen molar-refractivity contribution in [3.63, 3.8) is 0 Å². The Labute approximate surface area is 158 Å². The van der Waals surface area contributed by atoms with Gasteiger partial charge in [0, 0.05) is 17.4 Å².